The van der Waals surface area contributed by atoms with E-state index in [1.807, 2.05) is 19.1 Å². The molecule has 0 fully saturated rings. The Hall–Kier alpha value is -2.05. The number of nitrogens with one attached hydrogen (secondary N) is 1. The maximum atomic E-state index is 13.1. The van der Waals surface area contributed by atoms with Crippen LogP contribution in [-0.2, 0) is 0 Å². The van der Waals surface area contributed by atoms with E-state index < -0.39 is 5.82 Å². The fraction of sp³-hybridized carbons (Fsp3) is 0.133. The van der Waals surface area contributed by atoms with Crippen LogP contribution in [0.3, 0.4) is 0 Å². The van der Waals surface area contributed by atoms with Gasteiger partial charge in [0.05, 0.1) is 16.7 Å². The molecule has 2 nitrogen and oxygen atoms in total. The van der Waals surface area contributed by atoms with Crippen LogP contribution in [0, 0.1) is 17.1 Å². The van der Waals surface area contributed by atoms with Gasteiger partial charge in [0.15, 0.2) is 0 Å². The van der Waals surface area contributed by atoms with E-state index in [1.165, 1.54) is 6.07 Å². The predicted octanol–water partition coefficient (Wildman–Crippen LogP) is 4.52. The highest BCUT2D eigenvalue weighted by Crippen LogP contribution is 2.24. The molecule has 1 atom stereocenters. The summed E-state index contributed by atoms with van der Waals surface area (Å²) in [5, 5.41) is 12.2. The minimum Gasteiger partial charge on any atom is -0.378 e. The Balaban J connectivity index is 2.18. The standard InChI is InChI=1S/C15H12ClFN2/c1-10(12-5-6-15(17)14(16)8-12)19-13-4-2-3-11(7-13)9-18/h2-8,10,19H,1H3. The van der Waals surface area contributed by atoms with Crippen molar-refractivity contribution < 1.29 is 4.39 Å². The van der Waals surface area contributed by atoms with Gasteiger partial charge in [0, 0.05) is 11.7 Å². The van der Waals surface area contributed by atoms with Crippen molar-refractivity contribution in [3.05, 3.63) is 64.4 Å². The lowest BCUT2D eigenvalue weighted by Gasteiger charge is -2.16. The molecular formula is C15H12ClFN2. The van der Waals surface area contributed by atoms with E-state index in [4.69, 9.17) is 16.9 Å². The highest BCUT2D eigenvalue weighted by molar-refractivity contribution is 6.30. The largest absolute Gasteiger partial charge is 0.378 e. The maximum absolute atomic E-state index is 13.1. The van der Waals surface area contributed by atoms with Gasteiger partial charge in [-0.2, -0.15) is 5.26 Å². The van der Waals surface area contributed by atoms with Crippen molar-refractivity contribution in [1.29, 1.82) is 5.26 Å². The van der Waals surface area contributed by atoms with Gasteiger partial charge in [-0.3, -0.25) is 0 Å². The Labute approximate surface area is 116 Å². The topological polar surface area (TPSA) is 35.8 Å². The van der Waals surface area contributed by atoms with Crippen LogP contribution in [0.4, 0.5) is 10.1 Å². The molecule has 0 aliphatic rings. The second-order valence-electron chi connectivity index (χ2n) is 4.23. The molecule has 0 amide bonds. The lowest BCUT2D eigenvalue weighted by molar-refractivity contribution is 0.627. The Morgan fingerprint density at radius 1 is 1.26 bits per heavy atom. The number of rotatable bonds is 3. The zero-order valence-electron chi connectivity index (χ0n) is 10.3. The molecule has 2 aromatic carbocycles. The summed E-state index contributed by atoms with van der Waals surface area (Å²) in [5.74, 6) is -0.427. The first-order valence-electron chi connectivity index (χ1n) is 5.82. The summed E-state index contributed by atoms with van der Waals surface area (Å²) in [6.07, 6.45) is 0. The van der Waals surface area contributed by atoms with Crippen molar-refractivity contribution in [2.75, 3.05) is 5.32 Å². The molecule has 19 heavy (non-hydrogen) atoms. The second kappa shape index (κ2) is 5.73. The summed E-state index contributed by atoms with van der Waals surface area (Å²) >= 11 is 5.76. The minimum absolute atomic E-state index is 0.0351. The average molecular weight is 275 g/mol. The van der Waals surface area contributed by atoms with Crippen molar-refractivity contribution >= 4 is 17.3 Å². The van der Waals surface area contributed by atoms with Gasteiger partial charge in [0.25, 0.3) is 0 Å². The van der Waals surface area contributed by atoms with Gasteiger partial charge in [0.2, 0.25) is 0 Å². The molecule has 0 spiro atoms. The van der Waals surface area contributed by atoms with Gasteiger partial charge in [-0.1, -0.05) is 23.7 Å². The highest BCUT2D eigenvalue weighted by Gasteiger charge is 2.08. The smallest absolute Gasteiger partial charge is 0.141 e. The van der Waals surface area contributed by atoms with Gasteiger partial charge in [0.1, 0.15) is 5.82 Å². The molecule has 1 unspecified atom stereocenters. The van der Waals surface area contributed by atoms with Crippen molar-refractivity contribution in [1.82, 2.24) is 0 Å². The van der Waals surface area contributed by atoms with Crippen molar-refractivity contribution in [2.24, 2.45) is 0 Å². The molecule has 0 aromatic heterocycles. The summed E-state index contributed by atoms with van der Waals surface area (Å²) in [7, 11) is 0. The van der Waals surface area contributed by atoms with Gasteiger partial charge < -0.3 is 5.32 Å². The molecule has 0 heterocycles. The molecule has 0 bridgehead atoms. The summed E-state index contributed by atoms with van der Waals surface area (Å²) < 4.78 is 13.1. The first-order chi connectivity index (χ1) is 9.10. The number of anilines is 1. The Morgan fingerprint density at radius 3 is 2.74 bits per heavy atom. The Morgan fingerprint density at radius 2 is 2.05 bits per heavy atom. The van der Waals surface area contributed by atoms with Crippen LogP contribution in [0.15, 0.2) is 42.5 Å². The van der Waals surface area contributed by atoms with Crippen LogP contribution in [0.5, 0.6) is 0 Å². The quantitative estimate of drug-likeness (QED) is 0.893. The Bertz CT molecular complexity index is 634. The SMILES string of the molecule is CC(Nc1cccc(C#N)c1)c1ccc(F)c(Cl)c1. The van der Waals surface area contributed by atoms with Crippen molar-refractivity contribution in [3.63, 3.8) is 0 Å². The molecule has 0 aliphatic heterocycles. The van der Waals surface area contributed by atoms with Gasteiger partial charge in [-0.15, -0.1) is 0 Å². The van der Waals surface area contributed by atoms with E-state index in [1.54, 1.807) is 24.3 Å². The van der Waals surface area contributed by atoms with E-state index >= 15 is 0 Å². The zero-order valence-corrected chi connectivity index (χ0v) is 11.1. The lowest BCUT2D eigenvalue weighted by atomic mass is 10.1. The monoisotopic (exact) mass is 274 g/mol. The summed E-state index contributed by atoms with van der Waals surface area (Å²) in [4.78, 5) is 0. The summed E-state index contributed by atoms with van der Waals surface area (Å²) in [6.45, 7) is 1.95. The number of hydrogen-bond acceptors (Lipinski definition) is 2. The maximum Gasteiger partial charge on any atom is 0.141 e. The number of benzene rings is 2. The zero-order chi connectivity index (χ0) is 13.8. The molecule has 0 radical (unpaired) electrons. The van der Waals surface area contributed by atoms with Crippen molar-refractivity contribution in [2.45, 2.75) is 13.0 Å². The predicted molar refractivity (Wildman–Crippen MR) is 74.6 cm³/mol. The number of nitriles is 1. The molecular weight excluding hydrogens is 263 g/mol. The molecule has 0 aliphatic carbocycles. The third-order valence-corrected chi connectivity index (χ3v) is 3.11. The van der Waals surface area contributed by atoms with Crippen LogP contribution in [0.1, 0.15) is 24.1 Å². The third-order valence-electron chi connectivity index (χ3n) is 2.82. The molecule has 2 aromatic rings. The van der Waals surface area contributed by atoms with Crippen LogP contribution in [-0.4, -0.2) is 0 Å². The van der Waals surface area contributed by atoms with Gasteiger partial charge >= 0.3 is 0 Å². The number of halogens is 2. The van der Waals surface area contributed by atoms with Crippen LogP contribution < -0.4 is 5.32 Å². The summed E-state index contributed by atoms with van der Waals surface area (Å²) in [6, 6.07) is 13.9. The van der Waals surface area contributed by atoms with Crippen LogP contribution >= 0.6 is 11.6 Å². The third kappa shape index (κ3) is 3.24. The molecule has 0 saturated heterocycles. The average Bonchev–Trinajstić information content (AvgIpc) is 2.42. The number of hydrogen-bond donors (Lipinski definition) is 1. The molecule has 4 heteroatoms. The summed E-state index contributed by atoms with van der Waals surface area (Å²) in [5.41, 5.74) is 2.31. The van der Waals surface area contributed by atoms with E-state index in [-0.39, 0.29) is 11.1 Å². The first-order valence-corrected chi connectivity index (χ1v) is 6.19. The minimum atomic E-state index is -0.427. The van der Waals surface area contributed by atoms with Crippen LogP contribution in [0.25, 0.3) is 0 Å². The van der Waals surface area contributed by atoms with E-state index in [0.717, 1.165) is 11.3 Å². The van der Waals surface area contributed by atoms with Gasteiger partial charge in [-0.05, 0) is 42.8 Å². The van der Waals surface area contributed by atoms with Gasteiger partial charge in [-0.25, -0.2) is 4.39 Å². The van der Waals surface area contributed by atoms with Crippen LogP contribution in [0.2, 0.25) is 5.02 Å². The molecule has 96 valence electrons. The fourth-order valence-corrected chi connectivity index (χ4v) is 1.98. The molecule has 1 N–H and O–H groups in total. The highest BCUT2D eigenvalue weighted by atomic mass is 35.5. The van der Waals surface area contributed by atoms with E-state index in [2.05, 4.69) is 11.4 Å². The van der Waals surface area contributed by atoms with Crippen molar-refractivity contribution in [3.8, 4) is 6.07 Å². The Kier molecular flexibility index (Phi) is 4.03. The van der Waals surface area contributed by atoms with E-state index in [9.17, 15) is 4.39 Å². The molecule has 2 rings (SSSR count). The lowest BCUT2D eigenvalue weighted by Crippen LogP contribution is -2.06. The second-order valence-corrected chi connectivity index (χ2v) is 4.64. The van der Waals surface area contributed by atoms with E-state index in [0.29, 0.717) is 5.56 Å². The fourth-order valence-electron chi connectivity index (χ4n) is 1.79. The number of nitrogens with zero attached hydrogens (tertiary/aromatic N) is 1. The normalized spacial score (nSPS) is 11.7. The molecule has 0 saturated carbocycles. The first kappa shape index (κ1) is 13.4.